The van der Waals surface area contributed by atoms with Gasteiger partial charge in [-0.25, -0.2) is 9.59 Å². The number of nitrogens with one attached hydrogen (secondary N) is 2. The van der Waals surface area contributed by atoms with Crippen LogP contribution in [0.2, 0.25) is 0 Å². The van der Waals surface area contributed by atoms with Crippen LogP contribution < -0.4 is 20.1 Å². The number of nitro groups is 1. The first-order chi connectivity index (χ1) is 16.1. The summed E-state index contributed by atoms with van der Waals surface area (Å²) in [5.41, 5.74) is 2.21. The molecule has 1 aliphatic rings. The molecule has 34 heavy (non-hydrogen) atoms. The summed E-state index contributed by atoms with van der Waals surface area (Å²) in [7, 11) is 1.36. The lowest BCUT2D eigenvalue weighted by molar-refractivity contribution is -0.386. The molecule has 1 atom stereocenters. The Morgan fingerprint density at radius 2 is 1.94 bits per heavy atom. The lowest BCUT2D eigenvalue weighted by Gasteiger charge is -2.29. The molecule has 0 bridgehead atoms. The Hall–Kier alpha value is -4.08. The first-order valence-electron chi connectivity index (χ1n) is 10.6. The fourth-order valence-electron chi connectivity index (χ4n) is 3.66. The van der Waals surface area contributed by atoms with Gasteiger partial charge in [0.1, 0.15) is 6.61 Å². The molecule has 10 heteroatoms. The van der Waals surface area contributed by atoms with E-state index in [0.717, 1.165) is 11.1 Å². The predicted molar refractivity (Wildman–Crippen MR) is 123 cm³/mol. The molecule has 10 nitrogen and oxygen atoms in total. The van der Waals surface area contributed by atoms with Crippen LogP contribution in [0, 0.1) is 17.0 Å². The van der Waals surface area contributed by atoms with E-state index in [2.05, 4.69) is 10.6 Å². The highest BCUT2D eigenvalue weighted by molar-refractivity contribution is 5.95. The summed E-state index contributed by atoms with van der Waals surface area (Å²) < 4.78 is 16.5. The summed E-state index contributed by atoms with van der Waals surface area (Å²) in [5, 5.41) is 17.1. The van der Waals surface area contributed by atoms with Gasteiger partial charge in [-0.2, -0.15) is 0 Å². The van der Waals surface area contributed by atoms with Crippen molar-refractivity contribution in [3.8, 4) is 11.5 Å². The number of amides is 2. The SMILES string of the molecule is COc1cc(C2NC(=O)NC(C)=C2C(=O)OC(C)C)cc([N+](=O)[O-])c1OCc1cccc(C)c1. The van der Waals surface area contributed by atoms with E-state index in [1.54, 1.807) is 20.8 Å². The number of urea groups is 1. The highest BCUT2D eigenvalue weighted by Crippen LogP contribution is 2.42. The van der Waals surface area contributed by atoms with E-state index in [1.807, 2.05) is 31.2 Å². The molecule has 0 saturated heterocycles. The highest BCUT2D eigenvalue weighted by atomic mass is 16.6. The number of nitro benzene ring substituents is 1. The quantitative estimate of drug-likeness (QED) is 0.339. The van der Waals surface area contributed by atoms with Gasteiger partial charge < -0.3 is 24.8 Å². The second-order valence-corrected chi connectivity index (χ2v) is 8.13. The molecule has 0 radical (unpaired) electrons. The van der Waals surface area contributed by atoms with Gasteiger partial charge in [0.25, 0.3) is 0 Å². The second kappa shape index (κ2) is 10.2. The summed E-state index contributed by atoms with van der Waals surface area (Å²) in [6, 6.07) is 8.80. The largest absolute Gasteiger partial charge is 0.493 e. The van der Waals surface area contributed by atoms with Crippen molar-refractivity contribution in [3.63, 3.8) is 0 Å². The predicted octanol–water partition coefficient (Wildman–Crippen LogP) is 4.07. The van der Waals surface area contributed by atoms with Gasteiger partial charge in [0, 0.05) is 11.8 Å². The number of hydrogen-bond donors (Lipinski definition) is 2. The molecule has 2 amide bonds. The third-order valence-corrected chi connectivity index (χ3v) is 5.10. The van der Waals surface area contributed by atoms with E-state index in [-0.39, 0.29) is 34.9 Å². The summed E-state index contributed by atoms with van der Waals surface area (Å²) in [4.78, 5) is 36.3. The Bertz CT molecular complexity index is 1160. The van der Waals surface area contributed by atoms with Crippen LogP contribution >= 0.6 is 0 Å². The number of methoxy groups -OCH3 is 1. The van der Waals surface area contributed by atoms with Crippen LogP contribution in [0.1, 0.15) is 43.5 Å². The third-order valence-electron chi connectivity index (χ3n) is 5.10. The minimum atomic E-state index is -0.988. The number of hydrogen-bond acceptors (Lipinski definition) is 7. The molecule has 0 fully saturated rings. The summed E-state index contributed by atoms with van der Waals surface area (Å²) >= 11 is 0. The van der Waals surface area contributed by atoms with Gasteiger partial charge in [0.2, 0.25) is 5.75 Å². The highest BCUT2D eigenvalue weighted by Gasteiger charge is 2.35. The van der Waals surface area contributed by atoms with Crippen LogP contribution in [0.15, 0.2) is 47.7 Å². The number of carbonyl (C=O) groups is 2. The Balaban J connectivity index is 2.05. The standard InChI is InChI=1S/C24H27N3O7/c1-13(2)34-23(28)20-15(4)25-24(29)26-21(20)17-10-18(27(30)31)22(19(11-17)32-5)33-12-16-8-6-7-14(3)9-16/h6-11,13,21H,12H2,1-5H3,(H2,25,26,29). The smallest absolute Gasteiger partial charge is 0.338 e. The fraction of sp³-hybridized carbons (Fsp3) is 0.333. The number of allylic oxidation sites excluding steroid dienone is 1. The molecule has 1 unspecified atom stereocenters. The molecular weight excluding hydrogens is 442 g/mol. The van der Waals surface area contributed by atoms with Crippen LogP contribution in [-0.2, 0) is 16.1 Å². The monoisotopic (exact) mass is 469 g/mol. The minimum Gasteiger partial charge on any atom is -0.493 e. The third kappa shape index (κ3) is 5.45. The zero-order valence-electron chi connectivity index (χ0n) is 19.6. The molecule has 3 rings (SSSR count). The van der Waals surface area contributed by atoms with Crippen molar-refractivity contribution in [1.82, 2.24) is 10.6 Å². The van der Waals surface area contributed by atoms with Gasteiger partial charge in [0.05, 0.1) is 29.8 Å². The Kier molecular flexibility index (Phi) is 7.40. The molecule has 180 valence electrons. The maximum Gasteiger partial charge on any atom is 0.338 e. The van der Waals surface area contributed by atoms with Crippen molar-refractivity contribution in [2.75, 3.05) is 7.11 Å². The molecule has 0 spiro atoms. The lowest BCUT2D eigenvalue weighted by atomic mass is 9.94. The van der Waals surface area contributed by atoms with E-state index in [0.29, 0.717) is 5.70 Å². The lowest BCUT2D eigenvalue weighted by Crippen LogP contribution is -2.45. The Morgan fingerprint density at radius 1 is 1.21 bits per heavy atom. The van der Waals surface area contributed by atoms with E-state index in [9.17, 15) is 19.7 Å². The normalized spacial score (nSPS) is 15.5. The molecule has 0 aromatic heterocycles. The zero-order chi connectivity index (χ0) is 25.0. The fourth-order valence-corrected chi connectivity index (χ4v) is 3.66. The molecular formula is C24H27N3O7. The van der Waals surface area contributed by atoms with Crippen molar-refractivity contribution in [3.05, 3.63) is 74.5 Å². The minimum absolute atomic E-state index is 0.0509. The first kappa shape index (κ1) is 24.6. The molecule has 2 N–H and O–H groups in total. The number of ether oxygens (including phenoxy) is 3. The Morgan fingerprint density at radius 3 is 2.56 bits per heavy atom. The van der Waals surface area contributed by atoms with Crippen molar-refractivity contribution in [2.45, 2.75) is 46.4 Å². The molecule has 0 aliphatic carbocycles. The van der Waals surface area contributed by atoms with Crippen LogP contribution in [0.5, 0.6) is 11.5 Å². The van der Waals surface area contributed by atoms with Gasteiger partial charge in [-0.15, -0.1) is 0 Å². The van der Waals surface area contributed by atoms with Gasteiger partial charge in [-0.1, -0.05) is 29.8 Å². The van der Waals surface area contributed by atoms with E-state index in [1.165, 1.54) is 19.2 Å². The number of nitrogens with zero attached hydrogens (tertiary/aromatic N) is 1. The van der Waals surface area contributed by atoms with Gasteiger partial charge in [-0.05, 0) is 44.9 Å². The number of aryl methyl sites for hydroxylation is 1. The molecule has 1 heterocycles. The van der Waals surface area contributed by atoms with E-state index < -0.39 is 29.1 Å². The average molecular weight is 469 g/mol. The van der Waals surface area contributed by atoms with Crippen molar-refractivity contribution < 1.29 is 28.7 Å². The van der Waals surface area contributed by atoms with E-state index in [4.69, 9.17) is 14.2 Å². The van der Waals surface area contributed by atoms with Crippen molar-refractivity contribution in [1.29, 1.82) is 0 Å². The maximum atomic E-state index is 12.8. The number of benzene rings is 2. The van der Waals surface area contributed by atoms with Gasteiger partial charge in [0.15, 0.2) is 5.75 Å². The van der Waals surface area contributed by atoms with Crippen LogP contribution in [0.25, 0.3) is 0 Å². The van der Waals surface area contributed by atoms with Gasteiger partial charge in [-0.3, -0.25) is 10.1 Å². The molecule has 0 saturated carbocycles. The Labute approximate surface area is 197 Å². The maximum absolute atomic E-state index is 12.8. The van der Waals surface area contributed by atoms with Crippen molar-refractivity contribution in [2.24, 2.45) is 0 Å². The summed E-state index contributed by atoms with van der Waals surface area (Å²) in [6.45, 7) is 6.99. The topological polar surface area (TPSA) is 129 Å². The van der Waals surface area contributed by atoms with Crippen LogP contribution in [0.4, 0.5) is 10.5 Å². The van der Waals surface area contributed by atoms with Gasteiger partial charge >= 0.3 is 17.7 Å². The molecule has 1 aliphatic heterocycles. The second-order valence-electron chi connectivity index (χ2n) is 8.13. The number of carbonyl (C=O) groups excluding carboxylic acids is 2. The number of rotatable bonds is 8. The summed E-state index contributed by atoms with van der Waals surface area (Å²) in [5.74, 6) is -0.602. The number of esters is 1. The zero-order valence-corrected chi connectivity index (χ0v) is 19.6. The average Bonchev–Trinajstić information content (AvgIpc) is 2.75. The van der Waals surface area contributed by atoms with Crippen molar-refractivity contribution >= 4 is 17.7 Å². The summed E-state index contributed by atoms with van der Waals surface area (Å²) in [6.07, 6.45) is -0.396. The molecule has 2 aromatic carbocycles. The molecule has 2 aromatic rings. The van der Waals surface area contributed by atoms with E-state index >= 15 is 0 Å². The van der Waals surface area contributed by atoms with Crippen LogP contribution in [0.3, 0.4) is 0 Å². The van der Waals surface area contributed by atoms with Crippen LogP contribution in [-0.4, -0.2) is 30.1 Å². The first-order valence-corrected chi connectivity index (χ1v) is 10.6.